The first kappa shape index (κ1) is 31.9. The maximum absolute atomic E-state index is 14.5. The number of rotatable bonds is 14. The summed E-state index contributed by atoms with van der Waals surface area (Å²) >= 11 is 1.40. The molecule has 234 valence electrons. The number of carbonyl (C=O) groups is 3. The third-order valence-electron chi connectivity index (χ3n) is 7.05. The van der Waals surface area contributed by atoms with Crippen molar-refractivity contribution >= 4 is 29.1 Å². The highest BCUT2D eigenvalue weighted by molar-refractivity contribution is 7.10. The van der Waals surface area contributed by atoms with Crippen LogP contribution in [0, 0.1) is 5.82 Å². The summed E-state index contributed by atoms with van der Waals surface area (Å²) in [5.74, 6) is -1.64. The topological polar surface area (TPSA) is 114 Å². The number of hydrogen-bond donors (Lipinski definition) is 3. The highest BCUT2D eigenvalue weighted by Crippen LogP contribution is 2.28. The van der Waals surface area contributed by atoms with Gasteiger partial charge < -0.3 is 25.2 Å². The smallest absolute Gasteiger partial charge is 0.326 e. The van der Waals surface area contributed by atoms with E-state index >= 15 is 0 Å². The third kappa shape index (κ3) is 8.80. The van der Waals surface area contributed by atoms with Gasteiger partial charge in [0.2, 0.25) is 0 Å². The largest absolute Gasteiger partial charge is 0.489 e. The monoisotopic (exact) mass is 638 g/mol. The summed E-state index contributed by atoms with van der Waals surface area (Å²) in [6.45, 7) is 0.0790. The highest BCUT2D eigenvalue weighted by Gasteiger charge is 2.23. The van der Waals surface area contributed by atoms with E-state index in [0.717, 1.165) is 16.0 Å². The fraction of sp³-hybridized carbons (Fsp3) is 0.139. The average molecular weight is 639 g/mol. The second-order valence-electron chi connectivity index (χ2n) is 10.3. The molecule has 0 saturated heterocycles. The van der Waals surface area contributed by atoms with Crippen molar-refractivity contribution < 1.29 is 33.4 Å². The van der Waals surface area contributed by atoms with E-state index in [1.165, 1.54) is 41.7 Å². The number of thiophene rings is 1. The number of benzene rings is 4. The lowest BCUT2D eigenvalue weighted by Crippen LogP contribution is -2.42. The molecule has 0 aliphatic heterocycles. The van der Waals surface area contributed by atoms with E-state index in [1.807, 2.05) is 47.8 Å². The van der Waals surface area contributed by atoms with E-state index < -0.39 is 35.7 Å². The van der Waals surface area contributed by atoms with Crippen LogP contribution < -0.4 is 20.1 Å². The summed E-state index contributed by atoms with van der Waals surface area (Å²) in [7, 11) is 0. The SMILES string of the molecule is O=C(COc1ccc(C(=O)NC(Cc2ccc(OCc3ccccc3)cc2)C(=O)O)cc1)NC(c1cccs1)c1ccccc1F. The second-order valence-corrected chi connectivity index (χ2v) is 11.3. The summed E-state index contributed by atoms with van der Waals surface area (Å²) in [6, 6.07) is 30.9. The number of aliphatic carboxylic acids is 1. The van der Waals surface area contributed by atoms with Crippen molar-refractivity contribution in [2.45, 2.75) is 25.1 Å². The number of amides is 2. The van der Waals surface area contributed by atoms with Crippen LogP contribution in [-0.2, 0) is 22.6 Å². The van der Waals surface area contributed by atoms with Crippen LogP contribution in [0.4, 0.5) is 4.39 Å². The minimum atomic E-state index is -1.17. The van der Waals surface area contributed by atoms with Gasteiger partial charge in [0.15, 0.2) is 6.61 Å². The van der Waals surface area contributed by atoms with E-state index in [-0.39, 0.29) is 18.6 Å². The Kier molecular flexibility index (Phi) is 10.8. The fourth-order valence-corrected chi connectivity index (χ4v) is 5.45. The van der Waals surface area contributed by atoms with Crippen LogP contribution in [0.1, 0.15) is 38.0 Å². The van der Waals surface area contributed by atoms with E-state index in [1.54, 1.807) is 42.5 Å². The maximum atomic E-state index is 14.5. The first-order chi connectivity index (χ1) is 22.4. The lowest BCUT2D eigenvalue weighted by Gasteiger charge is -2.19. The lowest BCUT2D eigenvalue weighted by atomic mass is 10.0. The molecule has 0 saturated carbocycles. The molecule has 5 rings (SSSR count). The van der Waals surface area contributed by atoms with Crippen molar-refractivity contribution in [3.63, 3.8) is 0 Å². The molecule has 2 amide bonds. The summed E-state index contributed by atoms with van der Waals surface area (Å²) in [5.41, 5.74) is 2.33. The molecule has 0 fully saturated rings. The van der Waals surface area contributed by atoms with Gasteiger partial charge in [0.1, 0.15) is 30.0 Å². The molecule has 1 aromatic heterocycles. The van der Waals surface area contributed by atoms with Gasteiger partial charge in [0.25, 0.3) is 11.8 Å². The first-order valence-electron chi connectivity index (χ1n) is 14.4. The van der Waals surface area contributed by atoms with Crippen molar-refractivity contribution in [2.24, 2.45) is 0 Å². The normalized spacial score (nSPS) is 12.0. The zero-order valence-electron chi connectivity index (χ0n) is 24.6. The van der Waals surface area contributed by atoms with Crippen LogP contribution in [0.2, 0.25) is 0 Å². The van der Waals surface area contributed by atoms with Gasteiger partial charge in [-0.1, -0.05) is 66.7 Å². The zero-order chi connectivity index (χ0) is 32.3. The Morgan fingerprint density at radius 2 is 1.41 bits per heavy atom. The van der Waals surface area contributed by atoms with Crippen LogP contribution in [0.3, 0.4) is 0 Å². The molecule has 3 N–H and O–H groups in total. The van der Waals surface area contributed by atoms with Crippen molar-refractivity contribution in [1.29, 1.82) is 0 Å². The van der Waals surface area contributed by atoms with E-state index in [4.69, 9.17) is 9.47 Å². The summed E-state index contributed by atoms with van der Waals surface area (Å²) < 4.78 is 25.9. The molecule has 8 nitrogen and oxygen atoms in total. The molecule has 2 atom stereocenters. The van der Waals surface area contributed by atoms with Crippen molar-refractivity contribution in [3.8, 4) is 11.5 Å². The number of halogens is 1. The van der Waals surface area contributed by atoms with Crippen LogP contribution >= 0.6 is 11.3 Å². The molecule has 1 heterocycles. The Bertz CT molecular complexity index is 1750. The lowest BCUT2D eigenvalue weighted by molar-refractivity contribution is -0.139. The Labute approximate surface area is 269 Å². The molecular weight excluding hydrogens is 607 g/mol. The third-order valence-corrected chi connectivity index (χ3v) is 7.99. The molecule has 0 aliphatic rings. The van der Waals surface area contributed by atoms with Crippen molar-refractivity contribution in [2.75, 3.05) is 6.61 Å². The summed E-state index contributed by atoms with van der Waals surface area (Å²) in [6.07, 6.45) is 0.0791. The second kappa shape index (κ2) is 15.5. The number of hydrogen-bond acceptors (Lipinski definition) is 6. The predicted octanol–water partition coefficient (Wildman–Crippen LogP) is 6.18. The first-order valence-corrected chi connectivity index (χ1v) is 15.3. The molecule has 5 aromatic rings. The average Bonchev–Trinajstić information content (AvgIpc) is 3.62. The van der Waals surface area contributed by atoms with Crippen LogP contribution in [0.5, 0.6) is 11.5 Å². The van der Waals surface area contributed by atoms with Gasteiger partial charge in [-0.15, -0.1) is 11.3 Å². The Morgan fingerprint density at radius 1 is 0.739 bits per heavy atom. The number of carboxylic acid groups (broad SMARTS) is 1. The Hall–Kier alpha value is -5.48. The van der Waals surface area contributed by atoms with Crippen LogP contribution in [-0.4, -0.2) is 35.5 Å². The molecule has 46 heavy (non-hydrogen) atoms. The maximum Gasteiger partial charge on any atom is 0.326 e. The molecular formula is C36H31FN2O6S. The van der Waals surface area contributed by atoms with Crippen molar-refractivity contribution in [3.05, 3.63) is 154 Å². The molecule has 10 heteroatoms. The molecule has 0 radical (unpaired) electrons. The van der Waals surface area contributed by atoms with E-state index in [2.05, 4.69) is 10.6 Å². The highest BCUT2D eigenvalue weighted by atomic mass is 32.1. The van der Waals surface area contributed by atoms with Gasteiger partial charge in [-0.3, -0.25) is 9.59 Å². The predicted molar refractivity (Wildman–Crippen MR) is 172 cm³/mol. The number of carbonyl (C=O) groups excluding carboxylic acids is 2. The number of carboxylic acids is 1. The van der Waals surface area contributed by atoms with Gasteiger partial charge in [-0.2, -0.15) is 0 Å². The quantitative estimate of drug-likeness (QED) is 0.134. The number of ether oxygens (including phenoxy) is 2. The molecule has 4 aromatic carbocycles. The van der Waals surface area contributed by atoms with Gasteiger partial charge in [-0.05, 0) is 65.0 Å². The van der Waals surface area contributed by atoms with Gasteiger partial charge in [0.05, 0.1) is 6.04 Å². The van der Waals surface area contributed by atoms with Crippen LogP contribution in [0.15, 0.2) is 121 Å². The fourth-order valence-electron chi connectivity index (χ4n) is 4.66. The van der Waals surface area contributed by atoms with E-state index in [9.17, 15) is 23.9 Å². The Balaban J connectivity index is 1.12. The Morgan fingerprint density at radius 3 is 2.09 bits per heavy atom. The van der Waals surface area contributed by atoms with Crippen molar-refractivity contribution in [1.82, 2.24) is 10.6 Å². The van der Waals surface area contributed by atoms with Crippen LogP contribution in [0.25, 0.3) is 0 Å². The molecule has 2 unspecified atom stereocenters. The molecule has 0 spiro atoms. The van der Waals surface area contributed by atoms with Gasteiger partial charge >= 0.3 is 5.97 Å². The van der Waals surface area contributed by atoms with E-state index in [0.29, 0.717) is 23.7 Å². The molecule has 0 bridgehead atoms. The number of nitrogens with one attached hydrogen (secondary N) is 2. The zero-order valence-corrected chi connectivity index (χ0v) is 25.4. The standard InChI is InChI=1S/C36H31FN2O6S/c37-30-10-5-4-9-29(30)34(32-11-6-20-46-32)39-33(40)23-45-28-18-14-26(15-19-28)35(41)38-31(36(42)43)21-24-12-16-27(17-13-24)44-22-25-7-2-1-3-8-25/h1-20,31,34H,21-23H2,(H,38,41)(H,39,40)(H,42,43). The summed E-state index contributed by atoms with van der Waals surface area (Å²) in [4.78, 5) is 38.3. The van der Waals surface area contributed by atoms with Gasteiger partial charge in [-0.25, -0.2) is 9.18 Å². The minimum Gasteiger partial charge on any atom is -0.489 e. The summed E-state index contributed by atoms with van der Waals surface area (Å²) in [5, 5.41) is 17.0. The van der Waals surface area contributed by atoms with Gasteiger partial charge in [0, 0.05) is 22.4 Å². The molecule has 0 aliphatic carbocycles. The minimum absolute atomic E-state index is 0.0791.